The van der Waals surface area contributed by atoms with Gasteiger partial charge in [-0.15, -0.1) is 11.8 Å². The van der Waals surface area contributed by atoms with Crippen molar-refractivity contribution in [3.8, 4) is 0 Å². The zero-order valence-corrected chi connectivity index (χ0v) is 11.7. The van der Waals surface area contributed by atoms with Gasteiger partial charge in [-0.3, -0.25) is 4.79 Å². The van der Waals surface area contributed by atoms with Gasteiger partial charge < -0.3 is 10.0 Å². The van der Waals surface area contributed by atoms with Crippen molar-refractivity contribution in [3.63, 3.8) is 0 Å². The molecule has 0 bridgehead atoms. The molecule has 0 aromatic heterocycles. The van der Waals surface area contributed by atoms with Crippen LogP contribution in [0.5, 0.6) is 0 Å². The first-order chi connectivity index (χ1) is 9.15. The first kappa shape index (κ1) is 17.6. The molecule has 6 heteroatoms. The van der Waals surface area contributed by atoms with Gasteiger partial charge in [-0.25, -0.2) is 4.79 Å². The van der Waals surface area contributed by atoms with Gasteiger partial charge in [-0.2, -0.15) is 0 Å². The molecule has 0 radical (unpaired) electrons. The molecule has 1 aliphatic rings. The number of benzene rings is 1. The first-order valence-electron chi connectivity index (χ1n) is 6.40. The van der Waals surface area contributed by atoms with Crippen LogP contribution in [-0.4, -0.2) is 69.1 Å². The van der Waals surface area contributed by atoms with E-state index in [1.54, 1.807) is 34.9 Å². The Morgan fingerprint density at radius 3 is 2.60 bits per heavy atom. The molecule has 1 fully saturated rings. The molecule has 1 saturated heterocycles. The van der Waals surface area contributed by atoms with Crippen molar-refractivity contribution < 1.29 is 14.7 Å². The van der Waals surface area contributed by atoms with E-state index in [9.17, 15) is 9.59 Å². The van der Waals surface area contributed by atoms with Gasteiger partial charge >= 0.3 is 35.5 Å². The van der Waals surface area contributed by atoms with E-state index in [1.807, 2.05) is 0 Å². The molecule has 1 aliphatic heterocycles. The molecule has 1 unspecified atom stereocenters. The number of nitrogens with zero attached hydrogens (tertiary/aromatic N) is 1. The third-order valence-electron chi connectivity index (χ3n) is 3.17. The third-order valence-corrected chi connectivity index (χ3v) is 4.47. The normalized spacial score (nSPS) is 17.6. The van der Waals surface area contributed by atoms with Crippen LogP contribution < -0.4 is 0 Å². The Bertz CT molecular complexity index is 495. The van der Waals surface area contributed by atoms with Gasteiger partial charge in [-0.1, -0.05) is 25.5 Å². The van der Waals surface area contributed by atoms with Gasteiger partial charge in [0.2, 0.25) is 0 Å². The van der Waals surface area contributed by atoms with Gasteiger partial charge in [-0.05, 0) is 18.6 Å². The summed E-state index contributed by atoms with van der Waals surface area (Å²) in [5, 5.41) is 9.33. The van der Waals surface area contributed by atoms with E-state index in [0.717, 1.165) is 18.6 Å². The molecule has 4 nitrogen and oxygen atoms in total. The van der Waals surface area contributed by atoms with Crippen LogP contribution in [0.15, 0.2) is 24.3 Å². The van der Waals surface area contributed by atoms with Crippen molar-refractivity contribution in [3.05, 3.63) is 35.4 Å². The summed E-state index contributed by atoms with van der Waals surface area (Å²) in [6.07, 6.45) is 1.97. The van der Waals surface area contributed by atoms with Crippen molar-refractivity contribution in [1.82, 2.24) is 4.90 Å². The van der Waals surface area contributed by atoms with Gasteiger partial charge in [0, 0.05) is 12.3 Å². The Kier molecular flexibility index (Phi) is 7.09. The fraction of sp³-hybridized carbons (Fsp3) is 0.429. The van der Waals surface area contributed by atoms with E-state index in [2.05, 4.69) is 6.92 Å². The Balaban J connectivity index is 0.00000200. The average molecular weight is 303 g/mol. The Morgan fingerprint density at radius 2 is 2.00 bits per heavy atom. The summed E-state index contributed by atoms with van der Waals surface area (Å²) < 4.78 is 0. The van der Waals surface area contributed by atoms with Gasteiger partial charge in [0.1, 0.15) is 0 Å². The van der Waals surface area contributed by atoms with Crippen LogP contribution in [0.25, 0.3) is 0 Å². The van der Waals surface area contributed by atoms with Crippen LogP contribution in [0.2, 0.25) is 0 Å². The number of aromatic carboxylic acids is 1. The van der Waals surface area contributed by atoms with Crippen molar-refractivity contribution in [2.24, 2.45) is 0 Å². The molecule has 1 amide bonds. The van der Waals surface area contributed by atoms with Crippen LogP contribution >= 0.6 is 11.8 Å². The molecule has 0 saturated carbocycles. The van der Waals surface area contributed by atoms with Crippen LogP contribution in [0.3, 0.4) is 0 Å². The molecule has 2 rings (SSSR count). The zero-order chi connectivity index (χ0) is 13.8. The summed E-state index contributed by atoms with van der Waals surface area (Å²) in [5.74, 6) is -0.296. The molecule has 1 heterocycles. The predicted octanol–water partition coefficient (Wildman–Crippen LogP) is 2.05. The van der Waals surface area contributed by atoms with Crippen LogP contribution in [0.1, 0.15) is 40.5 Å². The summed E-state index contributed by atoms with van der Waals surface area (Å²) in [6, 6.07) is 6.42. The van der Waals surface area contributed by atoms with Gasteiger partial charge in [0.05, 0.1) is 16.5 Å². The number of carbonyl (C=O) groups is 2. The number of thioether (sulfide) groups is 1. The summed E-state index contributed by atoms with van der Waals surface area (Å²) in [7, 11) is 0. The van der Waals surface area contributed by atoms with E-state index in [-0.39, 0.29) is 46.4 Å². The average Bonchev–Trinajstić information content (AvgIpc) is 2.86. The van der Waals surface area contributed by atoms with Crippen molar-refractivity contribution in [2.45, 2.75) is 25.1 Å². The molecule has 0 spiro atoms. The zero-order valence-electron chi connectivity index (χ0n) is 10.8. The number of hydrogen-bond acceptors (Lipinski definition) is 3. The molecular formula is C14H18NNaO3S. The maximum absolute atomic E-state index is 12.5. The fourth-order valence-electron chi connectivity index (χ4n) is 2.25. The second-order valence-electron chi connectivity index (χ2n) is 4.46. The molecule has 1 aromatic rings. The number of amides is 1. The molecule has 104 valence electrons. The monoisotopic (exact) mass is 303 g/mol. The summed E-state index contributed by atoms with van der Waals surface area (Å²) in [4.78, 5) is 25.5. The SMILES string of the molecule is CCCC1SCCN1C(=O)c1ccccc1C(=O)O.[NaH]. The van der Waals surface area contributed by atoms with E-state index < -0.39 is 5.97 Å². The Hall–Kier alpha value is -0.490. The van der Waals surface area contributed by atoms with Gasteiger partial charge in [0.15, 0.2) is 0 Å². The molecule has 1 N–H and O–H groups in total. The van der Waals surface area contributed by atoms with E-state index in [0.29, 0.717) is 12.1 Å². The number of hydrogen-bond donors (Lipinski definition) is 1. The van der Waals surface area contributed by atoms with Crippen LogP contribution in [0.4, 0.5) is 0 Å². The molecule has 1 aromatic carbocycles. The van der Waals surface area contributed by atoms with E-state index in [1.165, 1.54) is 6.07 Å². The summed E-state index contributed by atoms with van der Waals surface area (Å²) in [5.41, 5.74) is 0.373. The van der Waals surface area contributed by atoms with E-state index in [4.69, 9.17) is 5.11 Å². The minimum absolute atomic E-state index is 0. The molecule has 0 aliphatic carbocycles. The second-order valence-corrected chi connectivity index (χ2v) is 5.75. The van der Waals surface area contributed by atoms with Crippen LogP contribution in [0, 0.1) is 0 Å². The maximum atomic E-state index is 12.5. The number of carbonyl (C=O) groups excluding carboxylic acids is 1. The predicted molar refractivity (Wildman–Crippen MR) is 82.7 cm³/mol. The van der Waals surface area contributed by atoms with Gasteiger partial charge in [0.25, 0.3) is 5.91 Å². The minimum atomic E-state index is -1.05. The Morgan fingerprint density at radius 1 is 1.35 bits per heavy atom. The number of rotatable bonds is 4. The number of carboxylic acids is 1. The molecule has 1 atom stereocenters. The molecular weight excluding hydrogens is 285 g/mol. The van der Waals surface area contributed by atoms with Crippen molar-refractivity contribution in [1.29, 1.82) is 0 Å². The first-order valence-corrected chi connectivity index (χ1v) is 7.45. The van der Waals surface area contributed by atoms with E-state index >= 15 is 0 Å². The van der Waals surface area contributed by atoms with Crippen molar-refractivity contribution in [2.75, 3.05) is 12.3 Å². The summed E-state index contributed by atoms with van der Waals surface area (Å²) in [6.45, 7) is 2.79. The second kappa shape index (κ2) is 8.08. The molecule has 20 heavy (non-hydrogen) atoms. The topological polar surface area (TPSA) is 57.6 Å². The Labute approximate surface area is 145 Å². The number of carboxylic acid groups (broad SMARTS) is 1. The third kappa shape index (κ3) is 3.79. The quantitative estimate of drug-likeness (QED) is 0.865. The summed E-state index contributed by atoms with van der Waals surface area (Å²) >= 11 is 1.77. The standard InChI is InChI=1S/C14H17NO3S.Na.H/c1-2-5-12-15(8-9-19-12)13(16)10-6-3-4-7-11(10)14(17)18;;/h3-4,6-7,12H,2,5,8-9H2,1H3,(H,17,18);;. The van der Waals surface area contributed by atoms with Crippen LogP contribution in [-0.2, 0) is 0 Å². The van der Waals surface area contributed by atoms with Crippen molar-refractivity contribution >= 4 is 53.2 Å². The fourth-order valence-corrected chi connectivity index (χ4v) is 3.61.